The molecule has 1 amide bonds. The minimum Gasteiger partial charge on any atom is -0.497 e. The minimum atomic E-state index is -0.357. The Morgan fingerprint density at radius 1 is 0.775 bits per heavy atom. The number of anilines is 1. The first-order chi connectivity index (χ1) is 34.6. The molecule has 1 saturated carbocycles. The number of halogens is 2. The van der Waals surface area contributed by atoms with Crippen molar-refractivity contribution in [3.8, 4) is 39.9 Å². The summed E-state index contributed by atoms with van der Waals surface area (Å²) in [7, 11) is 1.65. The number of dihydropyridines is 1. The second-order valence-corrected chi connectivity index (χ2v) is 19.4. The molecule has 370 valence electrons. The lowest BCUT2D eigenvalue weighted by Gasteiger charge is -2.35. The van der Waals surface area contributed by atoms with Crippen molar-refractivity contribution in [2.45, 2.75) is 115 Å². The van der Waals surface area contributed by atoms with Crippen molar-refractivity contribution in [1.29, 1.82) is 0 Å². The highest BCUT2D eigenvalue weighted by molar-refractivity contribution is 5.79. The molecule has 13 nitrogen and oxygen atoms in total. The van der Waals surface area contributed by atoms with Gasteiger partial charge in [-0.2, -0.15) is 5.10 Å². The molecule has 3 aromatic heterocycles. The molecular weight excluding hydrogens is 899 g/mol. The van der Waals surface area contributed by atoms with Gasteiger partial charge in [-0.3, -0.25) is 14.6 Å². The molecule has 0 N–H and O–H groups in total. The van der Waals surface area contributed by atoms with Crippen LogP contribution < -0.4 is 9.64 Å². The monoisotopic (exact) mass is 963 g/mol. The van der Waals surface area contributed by atoms with Crippen LogP contribution >= 0.6 is 0 Å². The number of allylic oxidation sites excluding steroid dienone is 1. The predicted molar refractivity (Wildman–Crippen MR) is 272 cm³/mol. The lowest BCUT2D eigenvalue weighted by molar-refractivity contribution is -0.132. The molecule has 2 aliphatic heterocycles. The maximum Gasteiger partial charge on any atom is 0.244 e. The SMILES string of the molecule is CCCC(CCCC1CC=CC=N1)CC(=O)Cn1nc(-c2cc(OC)cc(C3CCC(c4nc(-c5ccc(F)cc5)nn4CC(=O)N4CCN(c5cc(C)ccn5)CC4)CC3)c2)nc1-c1ccc(F)cc1. The normalized spacial score (nSPS) is 18.5. The Morgan fingerprint density at radius 2 is 1.48 bits per heavy atom. The molecule has 15 heteroatoms. The zero-order valence-corrected chi connectivity index (χ0v) is 41.1. The second-order valence-electron chi connectivity index (χ2n) is 19.4. The first kappa shape index (κ1) is 49.1. The van der Waals surface area contributed by atoms with Gasteiger partial charge < -0.3 is 14.5 Å². The zero-order chi connectivity index (χ0) is 49.3. The number of carbonyl (C=O) groups is 2. The lowest BCUT2D eigenvalue weighted by Crippen LogP contribution is -2.50. The summed E-state index contributed by atoms with van der Waals surface area (Å²) in [4.78, 5) is 51.1. The fourth-order valence-electron chi connectivity index (χ4n) is 10.5. The molecule has 2 atom stereocenters. The highest BCUT2D eigenvalue weighted by Crippen LogP contribution is 2.42. The third-order valence-corrected chi connectivity index (χ3v) is 14.3. The smallest absolute Gasteiger partial charge is 0.244 e. The number of benzene rings is 3. The third kappa shape index (κ3) is 12.4. The van der Waals surface area contributed by atoms with E-state index in [2.05, 4.69) is 53.0 Å². The van der Waals surface area contributed by atoms with E-state index in [1.165, 1.54) is 24.3 Å². The summed E-state index contributed by atoms with van der Waals surface area (Å²) >= 11 is 0. The van der Waals surface area contributed by atoms with Gasteiger partial charge in [-0.15, -0.1) is 5.10 Å². The van der Waals surface area contributed by atoms with Gasteiger partial charge in [-0.1, -0.05) is 32.3 Å². The predicted octanol–water partition coefficient (Wildman–Crippen LogP) is 10.6. The van der Waals surface area contributed by atoms with Gasteiger partial charge in [-0.05, 0) is 160 Å². The number of ketones is 1. The summed E-state index contributed by atoms with van der Waals surface area (Å²) in [6.07, 6.45) is 17.6. The van der Waals surface area contributed by atoms with E-state index >= 15 is 0 Å². The summed E-state index contributed by atoms with van der Waals surface area (Å²) in [5, 5.41) is 9.84. The minimum absolute atomic E-state index is 0.0193. The number of hydrogen-bond acceptors (Lipinski definition) is 10. The number of amides is 1. The van der Waals surface area contributed by atoms with Crippen molar-refractivity contribution in [1.82, 2.24) is 39.4 Å². The number of rotatable bonds is 19. The molecule has 1 aliphatic carbocycles. The van der Waals surface area contributed by atoms with Crippen LogP contribution in [0.3, 0.4) is 0 Å². The van der Waals surface area contributed by atoms with Crippen LogP contribution in [0.5, 0.6) is 5.75 Å². The highest BCUT2D eigenvalue weighted by atomic mass is 19.1. The Hall–Kier alpha value is -6.90. The van der Waals surface area contributed by atoms with Gasteiger partial charge in [0.25, 0.3) is 0 Å². The number of carbonyl (C=O) groups excluding carboxylic acids is 2. The number of ether oxygens (including phenoxy) is 1. The molecule has 5 heterocycles. The number of aliphatic imine (C=N–C) groups is 1. The van der Waals surface area contributed by atoms with E-state index in [1.807, 2.05) is 35.5 Å². The van der Waals surface area contributed by atoms with Crippen LogP contribution in [0, 0.1) is 24.5 Å². The first-order valence-corrected chi connectivity index (χ1v) is 25.3. The fourth-order valence-corrected chi connectivity index (χ4v) is 10.5. The van der Waals surface area contributed by atoms with Crippen LogP contribution in [0.25, 0.3) is 34.2 Å². The van der Waals surface area contributed by atoms with E-state index in [-0.39, 0.29) is 54.2 Å². The van der Waals surface area contributed by atoms with Crippen LogP contribution in [0.15, 0.2) is 102 Å². The number of nitrogens with zero attached hydrogens (tertiary/aromatic N) is 10. The average Bonchev–Trinajstić information content (AvgIpc) is 4.01. The summed E-state index contributed by atoms with van der Waals surface area (Å²) in [6.45, 7) is 6.86. The van der Waals surface area contributed by atoms with Gasteiger partial charge in [0.05, 0.1) is 13.2 Å². The van der Waals surface area contributed by atoms with Crippen LogP contribution in [0.1, 0.15) is 106 Å². The Kier molecular flexibility index (Phi) is 15.8. The van der Waals surface area contributed by atoms with Gasteiger partial charge in [0.1, 0.15) is 42.1 Å². The van der Waals surface area contributed by atoms with Gasteiger partial charge in [0.2, 0.25) is 5.91 Å². The summed E-state index contributed by atoms with van der Waals surface area (Å²) in [5.74, 6) is 3.65. The van der Waals surface area contributed by atoms with Gasteiger partial charge >= 0.3 is 0 Å². The van der Waals surface area contributed by atoms with Crippen LogP contribution in [0.2, 0.25) is 0 Å². The molecule has 2 unspecified atom stereocenters. The van der Waals surface area contributed by atoms with Crippen LogP contribution in [0.4, 0.5) is 14.6 Å². The average molecular weight is 963 g/mol. The zero-order valence-electron chi connectivity index (χ0n) is 41.1. The number of pyridine rings is 1. The Bertz CT molecular complexity index is 2820. The van der Waals surface area contributed by atoms with E-state index in [9.17, 15) is 18.4 Å². The van der Waals surface area contributed by atoms with E-state index in [0.29, 0.717) is 73.0 Å². The van der Waals surface area contributed by atoms with Gasteiger partial charge in [0.15, 0.2) is 23.3 Å². The van der Waals surface area contributed by atoms with Crippen molar-refractivity contribution in [2.24, 2.45) is 10.9 Å². The molecule has 3 aromatic carbocycles. The summed E-state index contributed by atoms with van der Waals surface area (Å²) in [6, 6.07) is 22.8. The van der Waals surface area contributed by atoms with Crippen LogP contribution in [-0.4, -0.2) is 96.6 Å². The van der Waals surface area contributed by atoms with Crippen molar-refractivity contribution in [2.75, 3.05) is 38.2 Å². The molecule has 9 rings (SSSR count). The topological polar surface area (TPSA) is 137 Å². The standard InChI is InChI=1S/C56H64F2N10O3/c1-4-8-39(9-7-11-48-10-5-6-25-59-48)32-49(69)36-67-55(43-18-22-47(58)23-19-43)62-54(64-67)45-33-44(34-50(35-45)71-3)40-12-14-42(15-13-40)56-61-53(41-16-20-46(57)21-17-41)63-68(56)37-52(70)66-29-27-65(28-30-66)51-31-38(2)24-26-60-51/h5-6,16-26,31,33-35,39-40,42,48H,4,7-15,27-30,32,36-37H2,1-3H3. The number of aromatic nitrogens is 7. The molecule has 71 heavy (non-hydrogen) atoms. The summed E-state index contributed by atoms with van der Waals surface area (Å²) in [5.41, 5.74) is 4.36. The van der Waals surface area contributed by atoms with Gasteiger partial charge in [0, 0.05) is 67.6 Å². The van der Waals surface area contributed by atoms with E-state index in [4.69, 9.17) is 24.9 Å². The number of aryl methyl sites for hydroxylation is 1. The lowest BCUT2D eigenvalue weighted by atomic mass is 9.78. The van der Waals surface area contributed by atoms with Gasteiger partial charge in [-0.25, -0.2) is 33.1 Å². The second kappa shape index (κ2) is 22.9. The van der Waals surface area contributed by atoms with Crippen molar-refractivity contribution in [3.05, 3.63) is 126 Å². The van der Waals surface area contributed by atoms with Crippen LogP contribution in [-0.2, 0) is 22.7 Å². The van der Waals surface area contributed by atoms with E-state index < -0.39 is 0 Å². The molecule has 0 radical (unpaired) electrons. The quantitative estimate of drug-likeness (QED) is 0.0777. The molecule has 0 bridgehead atoms. The fraction of sp³-hybridized carbons (Fsp3) is 0.429. The Morgan fingerprint density at radius 3 is 2.17 bits per heavy atom. The largest absolute Gasteiger partial charge is 0.497 e. The molecule has 3 aliphatic rings. The maximum atomic E-state index is 14.2. The number of methoxy groups -OCH3 is 1. The number of piperazine rings is 1. The molecule has 2 fully saturated rings. The Labute approximate surface area is 415 Å². The molecule has 6 aromatic rings. The van der Waals surface area contributed by atoms with E-state index in [1.54, 1.807) is 40.7 Å². The molecule has 1 saturated heterocycles. The highest BCUT2D eigenvalue weighted by Gasteiger charge is 2.31. The Balaban J connectivity index is 0.905. The number of Topliss-reactive ketones (excluding diaryl/α,β-unsaturated/α-hetero) is 1. The number of hydrogen-bond donors (Lipinski definition) is 0. The van der Waals surface area contributed by atoms with Crippen molar-refractivity contribution < 1.29 is 23.1 Å². The van der Waals surface area contributed by atoms with E-state index in [0.717, 1.165) is 92.5 Å². The maximum absolute atomic E-state index is 14.2. The van der Waals surface area contributed by atoms with Crippen molar-refractivity contribution >= 4 is 23.7 Å². The van der Waals surface area contributed by atoms with Crippen molar-refractivity contribution in [3.63, 3.8) is 0 Å². The molecule has 0 spiro atoms. The summed E-state index contributed by atoms with van der Waals surface area (Å²) < 4.78 is 37.5. The third-order valence-electron chi connectivity index (χ3n) is 14.3. The first-order valence-electron chi connectivity index (χ1n) is 25.3. The molecular formula is C56H64F2N10O3.